The topological polar surface area (TPSA) is 33.2 Å². The Kier molecular flexibility index (Phi) is 3.82. The number of carbonyl (C=O) groups excluding carboxylic acids is 1. The van der Waals surface area contributed by atoms with Gasteiger partial charge in [-0.25, -0.2) is 4.98 Å². The standard InChI is InChI=1S/C13H16N2OS2/c1-8(12-9(2)18-10(3)14-12)15(4)13(16)11-5-6-17-7-11/h5-8H,1-4H3. The lowest BCUT2D eigenvalue weighted by Crippen LogP contribution is -2.29. The third kappa shape index (κ3) is 2.47. The van der Waals surface area contributed by atoms with Gasteiger partial charge in [0.25, 0.3) is 5.91 Å². The van der Waals surface area contributed by atoms with Gasteiger partial charge in [0.1, 0.15) is 0 Å². The van der Waals surface area contributed by atoms with Crippen LogP contribution < -0.4 is 0 Å². The molecule has 1 amide bonds. The number of amides is 1. The summed E-state index contributed by atoms with van der Waals surface area (Å²) in [6.45, 7) is 6.07. The van der Waals surface area contributed by atoms with Crippen LogP contribution in [0.1, 0.15) is 38.9 Å². The second kappa shape index (κ2) is 5.20. The van der Waals surface area contributed by atoms with Gasteiger partial charge in [0.15, 0.2) is 0 Å². The third-order valence-electron chi connectivity index (χ3n) is 3.00. The van der Waals surface area contributed by atoms with E-state index in [1.807, 2.05) is 37.7 Å². The Labute approximate surface area is 115 Å². The number of carbonyl (C=O) groups is 1. The van der Waals surface area contributed by atoms with Crippen LogP contribution in [0, 0.1) is 13.8 Å². The molecule has 0 N–H and O–H groups in total. The van der Waals surface area contributed by atoms with Crippen molar-refractivity contribution in [1.82, 2.24) is 9.88 Å². The first-order chi connectivity index (χ1) is 8.50. The van der Waals surface area contributed by atoms with Crippen molar-refractivity contribution in [2.24, 2.45) is 0 Å². The summed E-state index contributed by atoms with van der Waals surface area (Å²) in [5.41, 5.74) is 1.75. The Morgan fingerprint density at radius 3 is 2.67 bits per heavy atom. The van der Waals surface area contributed by atoms with Gasteiger partial charge in [-0.3, -0.25) is 4.79 Å². The minimum atomic E-state index is 0.00218. The van der Waals surface area contributed by atoms with E-state index in [0.717, 1.165) is 16.3 Å². The fourth-order valence-electron chi connectivity index (χ4n) is 1.88. The number of aryl methyl sites for hydroxylation is 2. The van der Waals surface area contributed by atoms with E-state index in [4.69, 9.17) is 0 Å². The minimum absolute atomic E-state index is 0.00218. The van der Waals surface area contributed by atoms with Gasteiger partial charge < -0.3 is 4.90 Å². The molecule has 0 saturated heterocycles. The normalized spacial score (nSPS) is 12.4. The smallest absolute Gasteiger partial charge is 0.254 e. The SMILES string of the molecule is Cc1nc(C(C)N(C)C(=O)c2ccsc2)c(C)s1. The molecule has 0 aliphatic rings. The van der Waals surface area contributed by atoms with E-state index >= 15 is 0 Å². The van der Waals surface area contributed by atoms with Gasteiger partial charge >= 0.3 is 0 Å². The molecular formula is C13H16N2OS2. The lowest BCUT2D eigenvalue weighted by atomic mass is 10.1. The molecule has 0 saturated carbocycles. The first-order valence-corrected chi connectivity index (χ1v) is 7.50. The largest absolute Gasteiger partial charge is 0.333 e. The Morgan fingerprint density at radius 1 is 1.44 bits per heavy atom. The number of thiophene rings is 1. The first kappa shape index (κ1) is 13.2. The van der Waals surface area contributed by atoms with Crippen LogP contribution in [0.25, 0.3) is 0 Å². The van der Waals surface area contributed by atoms with Gasteiger partial charge in [0.2, 0.25) is 0 Å². The summed E-state index contributed by atoms with van der Waals surface area (Å²) in [5.74, 6) is 0.0498. The van der Waals surface area contributed by atoms with Gasteiger partial charge in [-0.15, -0.1) is 11.3 Å². The van der Waals surface area contributed by atoms with Crippen molar-refractivity contribution in [2.75, 3.05) is 7.05 Å². The molecule has 3 nitrogen and oxygen atoms in total. The number of hydrogen-bond acceptors (Lipinski definition) is 4. The fraction of sp³-hybridized carbons (Fsp3) is 0.385. The molecule has 0 spiro atoms. The zero-order valence-electron chi connectivity index (χ0n) is 10.9. The highest BCUT2D eigenvalue weighted by atomic mass is 32.1. The van der Waals surface area contributed by atoms with E-state index in [1.54, 1.807) is 16.2 Å². The summed E-state index contributed by atoms with van der Waals surface area (Å²) in [4.78, 5) is 19.7. The Bertz CT molecular complexity index is 545. The van der Waals surface area contributed by atoms with Crippen LogP contribution in [0.5, 0.6) is 0 Å². The van der Waals surface area contributed by atoms with Gasteiger partial charge in [0.05, 0.1) is 22.3 Å². The van der Waals surface area contributed by atoms with Crippen LogP contribution in [0.4, 0.5) is 0 Å². The van der Waals surface area contributed by atoms with E-state index in [2.05, 4.69) is 11.9 Å². The number of thiazole rings is 1. The molecule has 96 valence electrons. The van der Waals surface area contributed by atoms with Gasteiger partial charge in [-0.2, -0.15) is 11.3 Å². The van der Waals surface area contributed by atoms with Crippen LogP contribution in [0.2, 0.25) is 0 Å². The maximum absolute atomic E-state index is 12.2. The van der Waals surface area contributed by atoms with Gasteiger partial charge in [-0.1, -0.05) is 0 Å². The highest BCUT2D eigenvalue weighted by Gasteiger charge is 2.22. The number of aromatic nitrogens is 1. The van der Waals surface area contributed by atoms with Gasteiger partial charge in [0, 0.05) is 17.3 Å². The maximum atomic E-state index is 12.2. The Morgan fingerprint density at radius 2 is 2.17 bits per heavy atom. The monoisotopic (exact) mass is 280 g/mol. The predicted octanol–water partition coefficient (Wildman–Crippen LogP) is 3.65. The minimum Gasteiger partial charge on any atom is -0.333 e. The molecule has 0 bridgehead atoms. The average molecular weight is 280 g/mol. The number of nitrogens with zero attached hydrogens (tertiary/aromatic N) is 2. The summed E-state index contributed by atoms with van der Waals surface area (Å²) in [6.07, 6.45) is 0. The molecule has 0 aromatic carbocycles. The lowest BCUT2D eigenvalue weighted by Gasteiger charge is -2.23. The average Bonchev–Trinajstić information content (AvgIpc) is 2.96. The molecule has 2 rings (SSSR count). The number of hydrogen-bond donors (Lipinski definition) is 0. The van der Waals surface area contributed by atoms with Crippen molar-refractivity contribution in [2.45, 2.75) is 26.8 Å². The second-order valence-corrected chi connectivity index (χ2v) is 6.47. The van der Waals surface area contributed by atoms with E-state index in [0.29, 0.717) is 0 Å². The molecule has 18 heavy (non-hydrogen) atoms. The molecule has 2 aromatic rings. The van der Waals surface area contributed by atoms with Crippen molar-refractivity contribution in [3.63, 3.8) is 0 Å². The summed E-state index contributed by atoms with van der Waals surface area (Å²) >= 11 is 3.22. The molecular weight excluding hydrogens is 264 g/mol. The van der Waals surface area contributed by atoms with E-state index in [1.165, 1.54) is 16.2 Å². The maximum Gasteiger partial charge on any atom is 0.254 e. The van der Waals surface area contributed by atoms with Crippen LogP contribution in [0.3, 0.4) is 0 Å². The van der Waals surface area contributed by atoms with E-state index < -0.39 is 0 Å². The van der Waals surface area contributed by atoms with Crippen LogP contribution in [-0.4, -0.2) is 22.8 Å². The Balaban J connectivity index is 2.21. The molecule has 0 radical (unpaired) electrons. The molecule has 2 aromatic heterocycles. The van der Waals surface area contributed by atoms with Gasteiger partial charge in [-0.05, 0) is 32.2 Å². The predicted molar refractivity (Wildman–Crippen MR) is 76.4 cm³/mol. The van der Waals surface area contributed by atoms with Crippen molar-refractivity contribution in [1.29, 1.82) is 0 Å². The van der Waals surface area contributed by atoms with Crippen LogP contribution >= 0.6 is 22.7 Å². The fourth-order valence-corrected chi connectivity index (χ4v) is 3.42. The molecule has 1 unspecified atom stereocenters. The zero-order chi connectivity index (χ0) is 13.3. The zero-order valence-corrected chi connectivity index (χ0v) is 12.6. The highest BCUT2D eigenvalue weighted by molar-refractivity contribution is 7.11. The molecule has 2 heterocycles. The molecule has 0 aliphatic carbocycles. The lowest BCUT2D eigenvalue weighted by molar-refractivity contribution is 0.0740. The summed E-state index contributed by atoms with van der Waals surface area (Å²) in [5, 5.41) is 4.85. The molecule has 0 fully saturated rings. The quantitative estimate of drug-likeness (QED) is 0.859. The molecule has 1 atom stereocenters. The summed E-state index contributed by atoms with van der Waals surface area (Å²) in [7, 11) is 1.83. The van der Waals surface area contributed by atoms with Crippen molar-refractivity contribution >= 4 is 28.6 Å². The highest BCUT2D eigenvalue weighted by Crippen LogP contribution is 2.27. The number of rotatable bonds is 3. The second-order valence-electron chi connectivity index (χ2n) is 4.28. The summed E-state index contributed by atoms with van der Waals surface area (Å²) in [6, 6.07) is 1.86. The molecule has 0 aliphatic heterocycles. The third-order valence-corrected chi connectivity index (χ3v) is 4.59. The first-order valence-electron chi connectivity index (χ1n) is 5.74. The van der Waals surface area contributed by atoms with Crippen LogP contribution in [-0.2, 0) is 0 Å². The molecule has 5 heteroatoms. The van der Waals surface area contributed by atoms with Crippen molar-refractivity contribution < 1.29 is 4.79 Å². The Hall–Kier alpha value is -1.20. The summed E-state index contributed by atoms with van der Waals surface area (Å²) < 4.78 is 0. The van der Waals surface area contributed by atoms with Crippen molar-refractivity contribution in [3.8, 4) is 0 Å². The van der Waals surface area contributed by atoms with Crippen LogP contribution in [0.15, 0.2) is 16.8 Å². The van der Waals surface area contributed by atoms with E-state index in [9.17, 15) is 4.79 Å². The van der Waals surface area contributed by atoms with Crippen molar-refractivity contribution in [3.05, 3.63) is 38.0 Å². The van der Waals surface area contributed by atoms with E-state index in [-0.39, 0.29) is 11.9 Å².